The van der Waals surface area contributed by atoms with E-state index in [1.807, 2.05) is 18.2 Å². The fourth-order valence-electron chi connectivity index (χ4n) is 3.16. The monoisotopic (exact) mass is 430 g/mol. The van der Waals surface area contributed by atoms with Gasteiger partial charge in [0.1, 0.15) is 23.1 Å². The van der Waals surface area contributed by atoms with Gasteiger partial charge in [-0.15, -0.1) is 11.3 Å². The number of nitrogens with zero attached hydrogens (tertiary/aromatic N) is 1. The molecule has 0 bridgehead atoms. The van der Waals surface area contributed by atoms with Crippen molar-refractivity contribution >= 4 is 17.2 Å². The van der Waals surface area contributed by atoms with Crippen LogP contribution in [0.2, 0.25) is 0 Å². The third-order valence-corrected chi connectivity index (χ3v) is 5.62. The van der Waals surface area contributed by atoms with Crippen LogP contribution in [0.4, 0.5) is 8.78 Å². The molecule has 5 nitrogen and oxygen atoms in total. The second-order valence-corrected chi connectivity index (χ2v) is 7.77. The number of carbonyl (C=O) groups excluding carboxylic acids is 1. The van der Waals surface area contributed by atoms with E-state index in [0.29, 0.717) is 28.6 Å². The van der Waals surface area contributed by atoms with E-state index < -0.39 is 11.6 Å². The van der Waals surface area contributed by atoms with Crippen LogP contribution in [0, 0.1) is 11.6 Å². The third-order valence-electron chi connectivity index (χ3n) is 4.75. The molecule has 1 aromatic heterocycles. The van der Waals surface area contributed by atoms with Crippen LogP contribution >= 0.6 is 11.3 Å². The van der Waals surface area contributed by atoms with Gasteiger partial charge in [-0.25, -0.2) is 13.8 Å². The van der Waals surface area contributed by atoms with Crippen molar-refractivity contribution in [3.8, 4) is 16.3 Å². The minimum atomic E-state index is -0.914. The van der Waals surface area contributed by atoms with Gasteiger partial charge in [0.05, 0.1) is 11.7 Å². The lowest BCUT2D eigenvalue weighted by Crippen LogP contribution is -2.31. The van der Waals surface area contributed by atoms with E-state index in [4.69, 9.17) is 9.47 Å². The predicted octanol–water partition coefficient (Wildman–Crippen LogP) is 4.58. The van der Waals surface area contributed by atoms with Crippen LogP contribution < -0.4 is 10.1 Å². The fourth-order valence-corrected chi connectivity index (χ4v) is 3.99. The number of amides is 1. The van der Waals surface area contributed by atoms with Gasteiger partial charge in [-0.05, 0) is 42.7 Å². The van der Waals surface area contributed by atoms with Gasteiger partial charge in [-0.2, -0.15) is 0 Å². The van der Waals surface area contributed by atoms with E-state index in [2.05, 4.69) is 10.3 Å². The molecule has 30 heavy (non-hydrogen) atoms. The summed E-state index contributed by atoms with van der Waals surface area (Å²) in [5, 5.41) is 5.20. The highest BCUT2D eigenvalue weighted by atomic mass is 32.1. The minimum Gasteiger partial charge on any atom is -0.488 e. The van der Waals surface area contributed by atoms with E-state index in [-0.39, 0.29) is 18.6 Å². The number of hydrogen-bond acceptors (Lipinski definition) is 5. The van der Waals surface area contributed by atoms with Gasteiger partial charge >= 0.3 is 0 Å². The molecule has 1 atom stereocenters. The Morgan fingerprint density at radius 3 is 2.90 bits per heavy atom. The molecular weight excluding hydrogens is 410 g/mol. The zero-order chi connectivity index (χ0) is 20.9. The Balaban J connectivity index is 1.44. The number of ether oxygens (including phenoxy) is 2. The summed E-state index contributed by atoms with van der Waals surface area (Å²) in [4.78, 5) is 16.8. The molecule has 1 aliphatic rings. The molecule has 4 rings (SSSR count). The number of benzene rings is 2. The van der Waals surface area contributed by atoms with Crippen molar-refractivity contribution in [1.29, 1.82) is 0 Å². The smallest absolute Gasteiger partial charge is 0.270 e. The first-order valence-corrected chi connectivity index (χ1v) is 10.5. The van der Waals surface area contributed by atoms with E-state index in [9.17, 15) is 13.6 Å². The Hall–Kier alpha value is -2.84. The van der Waals surface area contributed by atoms with Crippen molar-refractivity contribution in [3.63, 3.8) is 0 Å². The summed E-state index contributed by atoms with van der Waals surface area (Å²) in [6.07, 6.45) is 2.03. The summed E-state index contributed by atoms with van der Waals surface area (Å²) in [6.45, 7) is 1.29. The third kappa shape index (κ3) is 4.83. The number of para-hydroxylation sites is 1. The normalized spacial score (nSPS) is 15.9. The molecule has 1 unspecified atom stereocenters. The molecule has 2 heterocycles. The van der Waals surface area contributed by atoms with Crippen LogP contribution in [0.15, 0.2) is 47.8 Å². The van der Waals surface area contributed by atoms with Crippen molar-refractivity contribution < 1.29 is 23.0 Å². The van der Waals surface area contributed by atoms with Crippen molar-refractivity contribution in [2.45, 2.75) is 25.6 Å². The maximum Gasteiger partial charge on any atom is 0.270 e. The van der Waals surface area contributed by atoms with E-state index in [0.717, 1.165) is 37.1 Å². The Morgan fingerprint density at radius 1 is 1.23 bits per heavy atom. The number of nitrogens with one attached hydrogen (secondary N) is 1. The summed E-state index contributed by atoms with van der Waals surface area (Å²) in [5.41, 5.74) is 1.57. The Bertz CT molecular complexity index is 1030. The van der Waals surface area contributed by atoms with Crippen molar-refractivity contribution in [3.05, 3.63) is 70.7 Å². The summed E-state index contributed by atoms with van der Waals surface area (Å²) in [5.74, 6) is -1.51. The largest absolute Gasteiger partial charge is 0.488 e. The Kier molecular flexibility index (Phi) is 6.35. The standard InChI is InChI=1S/C22H20F2N2O3S/c23-17-8-7-14(10-18(17)24)12-29-20-6-2-1-5-16(20)22-26-19(13-30-22)21(27)25-11-15-4-3-9-28-15/h1-2,5-8,10,13,15H,3-4,9,11-12H2,(H,25,27). The van der Waals surface area contributed by atoms with Crippen molar-refractivity contribution in [2.75, 3.05) is 13.2 Å². The molecule has 3 aromatic rings. The Morgan fingerprint density at radius 2 is 2.10 bits per heavy atom. The second kappa shape index (κ2) is 9.32. The molecule has 2 aromatic carbocycles. The fraction of sp³-hybridized carbons (Fsp3) is 0.273. The maximum atomic E-state index is 13.4. The van der Waals surface area contributed by atoms with Crippen LogP contribution in [0.1, 0.15) is 28.9 Å². The molecular formula is C22H20F2N2O3S. The van der Waals surface area contributed by atoms with Gasteiger partial charge in [0.15, 0.2) is 11.6 Å². The lowest BCUT2D eigenvalue weighted by atomic mass is 10.2. The number of carbonyl (C=O) groups is 1. The molecule has 0 saturated carbocycles. The minimum absolute atomic E-state index is 0.0671. The molecule has 0 aliphatic carbocycles. The molecule has 156 valence electrons. The number of thiazole rings is 1. The van der Waals surface area contributed by atoms with Crippen LogP contribution in [-0.4, -0.2) is 30.1 Å². The zero-order valence-corrected chi connectivity index (χ0v) is 16.9. The highest BCUT2D eigenvalue weighted by Gasteiger charge is 2.19. The quantitative estimate of drug-likeness (QED) is 0.596. The van der Waals surface area contributed by atoms with Gasteiger partial charge in [0, 0.05) is 18.5 Å². The van der Waals surface area contributed by atoms with Gasteiger partial charge in [-0.1, -0.05) is 18.2 Å². The summed E-state index contributed by atoms with van der Waals surface area (Å²) < 4.78 is 37.8. The summed E-state index contributed by atoms with van der Waals surface area (Å²) in [6, 6.07) is 10.9. The average Bonchev–Trinajstić information content (AvgIpc) is 3.45. The lowest BCUT2D eigenvalue weighted by Gasteiger charge is -2.10. The van der Waals surface area contributed by atoms with Crippen LogP contribution in [-0.2, 0) is 11.3 Å². The molecule has 1 aliphatic heterocycles. The number of rotatable bonds is 7. The van der Waals surface area contributed by atoms with Crippen LogP contribution in [0.3, 0.4) is 0 Å². The van der Waals surface area contributed by atoms with Crippen molar-refractivity contribution in [1.82, 2.24) is 10.3 Å². The zero-order valence-electron chi connectivity index (χ0n) is 16.1. The molecule has 0 radical (unpaired) electrons. The van der Waals surface area contributed by atoms with E-state index >= 15 is 0 Å². The number of aromatic nitrogens is 1. The van der Waals surface area contributed by atoms with Gasteiger partial charge < -0.3 is 14.8 Å². The predicted molar refractivity (Wildman–Crippen MR) is 110 cm³/mol. The van der Waals surface area contributed by atoms with Crippen LogP contribution in [0.5, 0.6) is 5.75 Å². The van der Waals surface area contributed by atoms with Crippen LogP contribution in [0.25, 0.3) is 10.6 Å². The van der Waals surface area contributed by atoms with Gasteiger partial charge in [0.25, 0.3) is 5.91 Å². The summed E-state index contributed by atoms with van der Waals surface area (Å²) in [7, 11) is 0. The molecule has 1 N–H and O–H groups in total. The lowest BCUT2D eigenvalue weighted by molar-refractivity contribution is 0.0854. The average molecular weight is 430 g/mol. The SMILES string of the molecule is O=C(NCC1CCCO1)c1csc(-c2ccccc2OCc2ccc(F)c(F)c2)n1. The Labute approximate surface area is 176 Å². The topological polar surface area (TPSA) is 60.5 Å². The first-order chi connectivity index (χ1) is 14.6. The molecule has 1 amide bonds. The van der Waals surface area contributed by atoms with Gasteiger partial charge in [-0.3, -0.25) is 4.79 Å². The molecule has 1 fully saturated rings. The molecule has 8 heteroatoms. The molecule has 1 saturated heterocycles. The molecule has 0 spiro atoms. The first-order valence-electron chi connectivity index (χ1n) is 9.61. The van der Waals surface area contributed by atoms with Crippen molar-refractivity contribution in [2.24, 2.45) is 0 Å². The van der Waals surface area contributed by atoms with Gasteiger partial charge in [0.2, 0.25) is 0 Å². The summed E-state index contributed by atoms with van der Waals surface area (Å²) >= 11 is 1.34. The number of halogens is 2. The first kappa shape index (κ1) is 20.4. The van der Waals surface area contributed by atoms with E-state index in [1.165, 1.54) is 17.4 Å². The maximum absolute atomic E-state index is 13.4. The highest BCUT2D eigenvalue weighted by Crippen LogP contribution is 2.32. The highest BCUT2D eigenvalue weighted by molar-refractivity contribution is 7.13. The van der Waals surface area contributed by atoms with E-state index in [1.54, 1.807) is 11.4 Å². The number of hydrogen-bond donors (Lipinski definition) is 1. The second-order valence-electron chi connectivity index (χ2n) is 6.92.